The maximum atomic E-state index is 13.0. The molecule has 0 unspecified atom stereocenters. The van der Waals surface area contributed by atoms with Crippen LogP contribution < -0.4 is 21.1 Å². The van der Waals surface area contributed by atoms with Crippen LogP contribution in [0.1, 0.15) is 36.4 Å². The van der Waals surface area contributed by atoms with Gasteiger partial charge in [-0.15, -0.1) is 0 Å². The molecule has 9 heteroatoms. The zero-order chi connectivity index (χ0) is 23.9. The smallest absolute Gasteiger partial charge is 0.245 e. The number of ketones is 1. The van der Waals surface area contributed by atoms with Gasteiger partial charge in [0, 0.05) is 18.3 Å². The maximum absolute atomic E-state index is 13.0. The molecule has 0 saturated carbocycles. The van der Waals surface area contributed by atoms with Crippen molar-refractivity contribution in [3.8, 4) is 5.75 Å². The summed E-state index contributed by atoms with van der Waals surface area (Å²) >= 11 is 1.16. The zero-order valence-corrected chi connectivity index (χ0v) is 20.0. The van der Waals surface area contributed by atoms with Crippen LogP contribution in [-0.4, -0.2) is 30.0 Å². The Morgan fingerprint density at radius 3 is 2.82 bits per heavy atom. The second-order valence-electron chi connectivity index (χ2n) is 8.03. The van der Waals surface area contributed by atoms with E-state index >= 15 is 0 Å². The highest BCUT2D eigenvalue weighted by Crippen LogP contribution is 2.33. The number of nitrogens with one attached hydrogen (secondary N) is 2. The molecule has 34 heavy (non-hydrogen) atoms. The Hall–Kier alpha value is -3.56. The summed E-state index contributed by atoms with van der Waals surface area (Å²) < 4.78 is 16.9. The van der Waals surface area contributed by atoms with Crippen molar-refractivity contribution in [3.05, 3.63) is 77.0 Å². The van der Waals surface area contributed by atoms with Crippen LogP contribution in [0.15, 0.2) is 72.1 Å². The van der Waals surface area contributed by atoms with E-state index < -0.39 is 0 Å². The number of nitrogens with two attached hydrogens (primary N) is 1. The van der Waals surface area contributed by atoms with E-state index in [9.17, 15) is 4.79 Å². The van der Waals surface area contributed by atoms with Crippen molar-refractivity contribution < 1.29 is 19.0 Å². The van der Waals surface area contributed by atoms with Crippen LogP contribution in [0.5, 0.6) is 5.75 Å². The molecule has 178 valence electrons. The van der Waals surface area contributed by atoms with Gasteiger partial charge in [-0.3, -0.25) is 4.79 Å². The number of nitrogen functional groups attached to an aromatic ring is 1. The van der Waals surface area contributed by atoms with Gasteiger partial charge in [0.05, 0.1) is 0 Å². The van der Waals surface area contributed by atoms with Gasteiger partial charge in [-0.2, -0.15) is 0 Å². The van der Waals surface area contributed by atoms with Gasteiger partial charge in [0.1, 0.15) is 35.6 Å². The average molecular weight is 481 g/mol. The highest BCUT2D eigenvalue weighted by Gasteiger charge is 2.26. The fourth-order valence-electron chi connectivity index (χ4n) is 3.31. The first-order valence-electron chi connectivity index (χ1n) is 11.1. The molecule has 8 nitrogen and oxygen atoms in total. The van der Waals surface area contributed by atoms with Crippen LogP contribution in [0.3, 0.4) is 0 Å². The van der Waals surface area contributed by atoms with Crippen molar-refractivity contribution in [1.82, 2.24) is 10.3 Å². The Balaban J connectivity index is 1.36. The van der Waals surface area contributed by atoms with Crippen LogP contribution in [0.25, 0.3) is 0 Å². The zero-order valence-electron chi connectivity index (χ0n) is 19.2. The standard InChI is InChI=1S/C25H28N4O4S/c1-16(2)27-12-13-32-19-10-8-18(9-11-19)28-25-29-24(26)23(34-25)22(30)21-15-31-14-20(33-21)17-6-4-3-5-7-17/h3-4,6,8-11,14-16,27H,5,7,12-13,26H2,1-2H3,(H,28,29). The van der Waals surface area contributed by atoms with E-state index in [0.717, 1.165) is 47.7 Å². The molecule has 0 atom stereocenters. The van der Waals surface area contributed by atoms with Crippen molar-refractivity contribution in [2.75, 3.05) is 24.2 Å². The van der Waals surface area contributed by atoms with Crippen molar-refractivity contribution >= 4 is 33.8 Å². The quantitative estimate of drug-likeness (QED) is 0.321. The lowest BCUT2D eigenvalue weighted by Gasteiger charge is -2.18. The second-order valence-corrected chi connectivity index (χ2v) is 9.03. The Labute approximate surface area is 202 Å². The average Bonchev–Trinajstić information content (AvgIpc) is 3.22. The first-order chi connectivity index (χ1) is 16.5. The third kappa shape index (κ3) is 6.06. The predicted octanol–water partition coefficient (Wildman–Crippen LogP) is 5.03. The van der Waals surface area contributed by atoms with Gasteiger partial charge in [0.2, 0.25) is 11.5 Å². The molecular weight excluding hydrogens is 452 g/mol. The molecule has 0 spiro atoms. The number of carbonyl (C=O) groups excluding carboxylic acids is 1. The minimum absolute atomic E-state index is 0.0725. The number of anilines is 3. The molecule has 1 aromatic carbocycles. The molecule has 4 N–H and O–H groups in total. The number of allylic oxidation sites excluding steroid dienone is 5. The summed E-state index contributed by atoms with van der Waals surface area (Å²) in [4.78, 5) is 17.6. The van der Waals surface area contributed by atoms with Crippen molar-refractivity contribution in [1.29, 1.82) is 0 Å². The van der Waals surface area contributed by atoms with Crippen LogP contribution in [-0.2, 0) is 9.47 Å². The van der Waals surface area contributed by atoms with Crippen LogP contribution in [0.4, 0.5) is 16.6 Å². The largest absolute Gasteiger partial charge is 0.492 e. The Morgan fingerprint density at radius 2 is 2.09 bits per heavy atom. The molecule has 2 aliphatic rings. The molecule has 0 fully saturated rings. The molecule has 0 radical (unpaired) electrons. The summed E-state index contributed by atoms with van der Waals surface area (Å²) in [5.41, 5.74) is 7.83. The first-order valence-corrected chi connectivity index (χ1v) is 11.9. The number of hydrogen-bond acceptors (Lipinski definition) is 9. The Kier molecular flexibility index (Phi) is 7.66. The van der Waals surface area contributed by atoms with E-state index in [1.54, 1.807) is 0 Å². The van der Waals surface area contributed by atoms with E-state index in [2.05, 4.69) is 35.5 Å². The normalized spacial score (nSPS) is 15.1. The number of hydrogen-bond donors (Lipinski definition) is 3. The minimum Gasteiger partial charge on any atom is -0.492 e. The number of nitrogens with zero attached hydrogens (tertiary/aromatic N) is 1. The number of benzene rings is 1. The summed E-state index contributed by atoms with van der Waals surface area (Å²) in [7, 11) is 0. The fourth-order valence-corrected chi connectivity index (χ4v) is 4.16. The minimum atomic E-state index is -0.376. The fraction of sp³-hybridized carbons (Fsp3) is 0.280. The predicted molar refractivity (Wildman–Crippen MR) is 134 cm³/mol. The molecule has 2 aromatic rings. The number of Topliss-reactive ketones (excluding diaryl/α,β-unsaturated/α-hetero) is 1. The van der Waals surface area contributed by atoms with Crippen molar-refractivity contribution in [2.24, 2.45) is 0 Å². The van der Waals surface area contributed by atoms with Gasteiger partial charge < -0.3 is 30.6 Å². The lowest BCUT2D eigenvalue weighted by Crippen LogP contribution is -2.27. The second kappa shape index (κ2) is 11.0. The lowest BCUT2D eigenvalue weighted by molar-refractivity contribution is 0.0938. The highest BCUT2D eigenvalue weighted by molar-refractivity contribution is 7.18. The monoisotopic (exact) mass is 480 g/mol. The molecule has 0 bridgehead atoms. The van der Waals surface area contributed by atoms with Gasteiger partial charge in [0.15, 0.2) is 10.9 Å². The molecule has 0 amide bonds. The highest BCUT2D eigenvalue weighted by atomic mass is 32.1. The number of carbonyl (C=O) groups is 1. The maximum Gasteiger partial charge on any atom is 0.245 e. The molecule has 1 aliphatic heterocycles. The van der Waals surface area contributed by atoms with E-state index in [4.69, 9.17) is 19.9 Å². The van der Waals surface area contributed by atoms with E-state index in [0.29, 0.717) is 23.5 Å². The SMILES string of the molecule is CC(C)NCCOc1ccc(Nc2nc(N)c(C(=O)C3=COC=C(C4=CC=CCC4)O3)s2)cc1. The van der Waals surface area contributed by atoms with Crippen LogP contribution in [0.2, 0.25) is 0 Å². The molecule has 1 aliphatic carbocycles. The van der Waals surface area contributed by atoms with Crippen molar-refractivity contribution in [2.45, 2.75) is 32.7 Å². The Bertz CT molecular complexity index is 1150. The van der Waals surface area contributed by atoms with Gasteiger partial charge in [0.25, 0.3) is 0 Å². The van der Waals surface area contributed by atoms with Gasteiger partial charge in [-0.1, -0.05) is 43.4 Å². The van der Waals surface area contributed by atoms with Crippen molar-refractivity contribution in [3.63, 3.8) is 0 Å². The topological polar surface area (TPSA) is 108 Å². The van der Waals surface area contributed by atoms with Gasteiger partial charge in [-0.05, 0) is 42.7 Å². The third-order valence-corrected chi connectivity index (χ3v) is 6.00. The molecular formula is C25H28N4O4S. The first kappa shape index (κ1) is 23.6. The molecule has 0 saturated heterocycles. The van der Waals surface area contributed by atoms with Gasteiger partial charge >= 0.3 is 0 Å². The van der Waals surface area contributed by atoms with Crippen LogP contribution >= 0.6 is 11.3 Å². The lowest BCUT2D eigenvalue weighted by atomic mass is 10.0. The number of rotatable bonds is 10. The number of aromatic nitrogens is 1. The molecule has 2 heterocycles. The van der Waals surface area contributed by atoms with E-state index in [1.807, 2.05) is 36.4 Å². The number of ether oxygens (including phenoxy) is 3. The summed E-state index contributed by atoms with van der Waals surface area (Å²) in [6.07, 6.45) is 10.5. The van der Waals surface area contributed by atoms with E-state index in [-0.39, 0.29) is 22.2 Å². The summed E-state index contributed by atoms with van der Waals surface area (Å²) in [5.74, 6) is 1.14. The van der Waals surface area contributed by atoms with Gasteiger partial charge in [-0.25, -0.2) is 4.98 Å². The van der Waals surface area contributed by atoms with E-state index in [1.165, 1.54) is 12.5 Å². The summed E-state index contributed by atoms with van der Waals surface area (Å²) in [6.45, 7) is 5.56. The number of thiazole rings is 1. The summed E-state index contributed by atoms with van der Waals surface area (Å²) in [6, 6.07) is 7.95. The summed E-state index contributed by atoms with van der Waals surface area (Å²) in [5, 5.41) is 6.99. The van der Waals surface area contributed by atoms with Crippen LogP contribution in [0, 0.1) is 0 Å². The molecule has 1 aromatic heterocycles. The Morgan fingerprint density at radius 1 is 1.26 bits per heavy atom. The molecule has 4 rings (SSSR count). The third-order valence-electron chi connectivity index (χ3n) is 5.01.